The van der Waals surface area contributed by atoms with Crippen LogP contribution in [0.2, 0.25) is 0 Å². The first-order valence-corrected chi connectivity index (χ1v) is 7.59. The molecule has 1 nitrogen and oxygen atoms in total. The molecular weight excluding hydrogens is 268 g/mol. The van der Waals surface area contributed by atoms with Crippen LogP contribution in [0.15, 0.2) is 48.5 Å². The first-order valence-electron chi connectivity index (χ1n) is 7.59. The molecule has 0 aliphatic rings. The van der Waals surface area contributed by atoms with Crippen molar-refractivity contribution in [1.29, 1.82) is 0 Å². The largest absolute Gasteiger partial charge is 0.493 e. The molecule has 0 saturated heterocycles. The van der Waals surface area contributed by atoms with Gasteiger partial charge in [0.2, 0.25) is 0 Å². The van der Waals surface area contributed by atoms with Gasteiger partial charge in [0.05, 0.1) is 6.61 Å². The average Bonchev–Trinajstić information content (AvgIpc) is 2.56. The molecule has 22 heavy (non-hydrogen) atoms. The average molecular weight is 288 g/mol. The molecule has 0 N–H and O–H groups in total. The van der Waals surface area contributed by atoms with E-state index in [9.17, 15) is 0 Å². The van der Waals surface area contributed by atoms with Gasteiger partial charge < -0.3 is 4.74 Å². The van der Waals surface area contributed by atoms with E-state index in [0.717, 1.165) is 23.3 Å². The predicted molar refractivity (Wildman–Crippen MR) is 91.8 cm³/mol. The zero-order chi connectivity index (χ0) is 15.6. The fourth-order valence-corrected chi connectivity index (χ4v) is 2.05. The van der Waals surface area contributed by atoms with Crippen molar-refractivity contribution in [3.05, 3.63) is 65.2 Å². The maximum Gasteiger partial charge on any atom is 0.119 e. The molecule has 0 unspecified atom stereocenters. The van der Waals surface area contributed by atoms with Gasteiger partial charge in [0.25, 0.3) is 0 Å². The van der Waals surface area contributed by atoms with Gasteiger partial charge in [0.15, 0.2) is 0 Å². The summed E-state index contributed by atoms with van der Waals surface area (Å²) in [5, 5.41) is 0. The van der Waals surface area contributed by atoms with E-state index in [-0.39, 0.29) is 0 Å². The van der Waals surface area contributed by atoms with Crippen LogP contribution >= 0.6 is 0 Å². The van der Waals surface area contributed by atoms with Crippen LogP contribution < -0.4 is 4.74 Å². The highest BCUT2D eigenvalue weighted by Gasteiger charge is 1.94. The van der Waals surface area contributed by atoms with Crippen LogP contribution in [-0.4, -0.2) is 6.61 Å². The van der Waals surface area contributed by atoms with Gasteiger partial charge in [-0.15, -0.1) is 12.3 Å². The summed E-state index contributed by atoms with van der Waals surface area (Å²) in [6, 6.07) is 16.2. The Balaban J connectivity index is 1.97. The van der Waals surface area contributed by atoms with Crippen LogP contribution in [0.1, 0.15) is 36.5 Å². The third-order valence-corrected chi connectivity index (χ3v) is 3.21. The van der Waals surface area contributed by atoms with Crippen LogP contribution in [0.3, 0.4) is 0 Å². The van der Waals surface area contributed by atoms with Crippen molar-refractivity contribution in [3.8, 4) is 29.9 Å². The molecule has 0 aromatic heterocycles. The lowest BCUT2D eigenvalue weighted by molar-refractivity contribution is 0.327. The van der Waals surface area contributed by atoms with E-state index in [4.69, 9.17) is 11.2 Å². The van der Waals surface area contributed by atoms with Gasteiger partial charge in [-0.2, -0.15) is 0 Å². The Bertz CT molecular complexity index is 676. The van der Waals surface area contributed by atoms with Crippen molar-refractivity contribution in [3.63, 3.8) is 0 Å². The predicted octanol–water partition coefficient (Wildman–Crippen LogP) is 4.44. The maximum absolute atomic E-state index is 5.51. The van der Waals surface area contributed by atoms with E-state index >= 15 is 0 Å². The van der Waals surface area contributed by atoms with E-state index in [1.54, 1.807) is 0 Å². The minimum absolute atomic E-state index is 0.547. The zero-order valence-corrected chi connectivity index (χ0v) is 12.9. The smallest absolute Gasteiger partial charge is 0.119 e. The fourth-order valence-electron chi connectivity index (χ4n) is 2.05. The van der Waals surface area contributed by atoms with E-state index in [2.05, 4.69) is 49.0 Å². The second-order valence-corrected chi connectivity index (χ2v) is 5.02. The third-order valence-electron chi connectivity index (χ3n) is 3.21. The van der Waals surface area contributed by atoms with Gasteiger partial charge in [0, 0.05) is 17.5 Å². The van der Waals surface area contributed by atoms with Crippen LogP contribution in [-0.2, 0) is 6.42 Å². The van der Waals surface area contributed by atoms with Crippen LogP contribution in [0.4, 0.5) is 0 Å². The highest BCUT2D eigenvalue weighted by molar-refractivity contribution is 5.44. The molecule has 0 aliphatic heterocycles. The molecule has 2 aromatic carbocycles. The highest BCUT2D eigenvalue weighted by atomic mass is 16.5. The summed E-state index contributed by atoms with van der Waals surface area (Å²) in [6.07, 6.45) is 8.10. The molecule has 0 radical (unpaired) electrons. The quantitative estimate of drug-likeness (QED) is 0.584. The Hall–Kier alpha value is -2.64. The standard InChI is InChI=1S/C21H20O/c1-3-5-17-22-21-15-13-20(14-16-21)12-11-19-9-7-18(6-4-2)8-10-19/h1,7-10,13-16H,4-6,17H2,2H3. The van der Waals surface area contributed by atoms with Gasteiger partial charge in [-0.3, -0.25) is 0 Å². The number of aryl methyl sites for hydroxylation is 1. The van der Waals surface area contributed by atoms with Gasteiger partial charge in [0.1, 0.15) is 5.75 Å². The maximum atomic E-state index is 5.51. The van der Waals surface area contributed by atoms with Crippen molar-refractivity contribution in [2.24, 2.45) is 0 Å². The molecule has 1 heteroatoms. The Kier molecular flexibility index (Phi) is 6.16. The van der Waals surface area contributed by atoms with Crippen molar-refractivity contribution in [2.45, 2.75) is 26.2 Å². The second-order valence-electron chi connectivity index (χ2n) is 5.02. The first kappa shape index (κ1) is 15.7. The molecule has 0 spiro atoms. The van der Waals surface area contributed by atoms with E-state index in [0.29, 0.717) is 13.0 Å². The Morgan fingerprint density at radius 2 is 1.50 bits per heavy atom. The van der Waals surface area contributed by atoms with E-state index in [1.807, 2.05) is 24.3 Å². The molecule has 2 aromatic rings. The van der Waals surface area contributed by atoms with E-state index < -0.39 is 0 Å². The topological polar surface area (TPSA) is 9.23 Å². The highest BCUT2D eigenvalue weighted by Crippen LogP contribution is 2.12. The summed E-state index contributed by atoms with van der Waals surface area (Å²) in [5.41, 5.74) is 3.37. The zero-order valence-electron chi connectivity index (χ0n) is 12.9. The van der Waals surface area contributed by atoms with Crippen LogP contribution in [0, 0.1) is 24.2 Å². The summed E-state index contributed by atoms with van der Waals surface area (Å²) in [6.45, 7) is 2.74. The molecular formula is C21H20O. The molecule has 0 amide bonds. The van der Waals surface area contributed by atoms with Crippen molar-refractivity contribution in [2.75, 3.05) is 6.61 Å². The molecule has 0 saturated carbocycles. The Labute approximate surface area is 133 Å². The number of hydrogen-bond acceptors (Lipinski definition) is 1. The molecule has 110 valence electrons. The lowest BCUT2D eigenvalue weighted by atomic mass is 10.1. The molecule has 0 heterocycles. The SMILES string of the molecule is C#CCCOc1ccc(C#Cc2ccc(CCC)cc2)cc1. The van der Waals surface area contributed by atoms with Crippen molar-refractivity contribution >= 4 is 0 Å². The van der Waals surface area contributed by atoms with Crippen LogP contribution in [0.25, 0.3) is 0 Å². The van der Waals surface area contributed by atoms with Gasteiger partial charge in [-0.1, -0.05) is 37.3 Å². The van der Waals surface area contributed by atoms with Gasteiger partial charge >= 0.3 is 0 Å². The summed E-state index contributed by atoms with van der Waals surface area (Å²) in [4.78, 5) is 0. The number of rotatable bonds is 5. The Morgan fingerprint density at radius 1 is 0.909 bits per heavy atom. The lowest BCUT2D eigenvalue weighted by Crippen LogP contribution is -1.95. The summed E-state index contributed by atoms with van der Waals surface area (Å²) < 4.78 is 5.51. The minimum atomic E-state index is 0.547. The minimum Gasteiger partial charge on any atom is -0.493 e. The van der Waals surface area contributed by atoms with Gasteiger partial charge in [-0.25, -0.2) is 0 Å². The third kappa shape index (κ3) is 5.04. The van der Waals surface area contributed by atoms with Crippen LogP contribution in [0.5, 0.6) is 5.75 Å². The van der Waals surface area contributed by atoms with Gasteiger partial charge in [-0.05, 0) is 48.4 Å². The normalized spacial score (nSPS) is 9.45. The first-order chi connectivity index (χ1) is 10.8. The Morgan fingerprint density at radius 3 is 2.05 bits per heavy atom. The monoisotopic (exact) mass is 288 g/mol. The number of hydrogen-bond donors (Lipinski definition) is 0. The number of terminal acetylenes is 1. The molecule has 0 atom stereocenters. The molecule has 0 aliphatic carbocycles. The van der Waals surface area contributed by atoms with Crippen molar-refractivity contribution in [1.82, 2.24) is 0 Å². The number of benzene rings is 2. The number of ether oxygens (including phenoxy) is 1. The molecule has 2 rings (SSSR count). The lowest BCUT2D eigenvalue weighted by Gasteiger charge is -2.03. The summed E-state index contributed by atoms with van der Waals surface area (Å²) >= 11 is 0. The molecule has 0 fully saturated rings. The second kappa shape index (κ2) is 8.60. The summed E-state index contributed by atoms with van der Waals surface area (Å²) in [5.74, 6) is 9.73. The fraction of sp³-hybridized carbons (Fsp3) is 0.238. The molecule has 0 bridgehead atoms. The van der Waals surface area contributed by atoms with Crippen molar-refractivity contribution < 1.29 is 4.74 Å². The summed E-state index contributed by atoms with van der Waals surface area (Å²) in [7, 11) is 0. The van der Waals surface area contributed by atoms with E-state index in [1.165, 1.54) is 12.0 Å².